The van der Waals surface area contributed by atoms with Crippen LogP contribution in [0.5, 0.6) is 0 Å². The van der Waals surface area contributed by atoms with Crippen molar-refractivity contribution < 1.29 is 18.4 Å². The maximum absolute atomic E-state index is 14.0. The molecule has 1 aromatic heterocycles. The van der Waals surface area contributed by atoms with E-state index in [2.05, 4.69) is 10.4 Å². The number of amides is 2. The van der Waals surface area contributed by atoms with Gasteiger partial charge >= 0.3 is 0 Å². The van der Waals surface area contributed by atoms with E-state index in [1.54, 1.807) is 20.9 Å². The Kier molecular flexibility index (Phi) is 7.26. The van der Waals surface area contributed by atoms with Crippen LogP contribution in [-0.4, -0.2) is 39.6 Å². The number of halogens is 2. The number of carbonyl (C=O) groups is 2. The molecule has 0 aliphatic rings. The molecule has 3 aromatic rings. The van der Waals surface area contributed by atoms with E-state index in [9.17, 15) is 18.4 Å². The Balaban J connectivity index is 1.80. The van der Waals surface area contributed by atoms with Gasteiger partial charge in [0.15, 0.2) is 0 Å². The lowest BCUT2D eigenvalue weighted by molar-refractivity contribution is -0.133. The van der Waals surface area contributed by atoms with Gasteiger partial charge in [0.1, 0.15) is 23.2 Å². The number of hydrogen-bond acceptors (Lipinski definition) is 3. The Bertz CT molecular complexity index is 1140. The average molecular weight is 455 g/mol. The third-order valence-corrected chi connectivity index (χ3v) is 5.62. The predicted octanol–water partition coefficient (Wildman–Crippen LogP) is 4.18. The normalized spacial score (nSPS) is 12.0. The first-order valence-corrected chi connectivity index (χ1v) is 10.7. The first-order valence-electron chi connectivity index (χ1n) is 10.7. The number of aromatic nitrogens is 2. The zero-order valence-electron chi connectivity index (χ0n) is 19.4. The second-order valence-electron chi connectivity index (χ2n) is 8.38. The van der Waals surface area contributed by atoms with Gasteiger partial charge in [-0.2, -0.15) is 5.10 Å². The van der Waals surface area contributed by atoms with Crippen molar-refractivity contribution in [1.82, 2.24) is 20.0 Å². The predicted molar refractivity (Wildman–Crippen MR) is 122 cm³/mol. The molecule has 1 N–H and O–H groups in total. The number of nitrogens with one attached hydrogen (secondary N) is 1. The highest BCUT2D eigenvalue weighted by atomic mass is 19.1. The van der Waals surface area contributed by atoms with Crippen molar-refractivity contribution in [3.8, 4) is 5.69 Å². The lowest BCUT2D eigenvalue weighted by Crippen LogP contribution is -2.50. The van der Waals surface area contributed by atoms with Gasteiger partial charge in [-0.15, -0.1) is 0 Å². The molecule has 0 radical (unpaired) electrons. The molecule has 0 unspecified atom stereocenters. The second-order valence-corrected chi connectivity index (χ2v) is 8.38. The summed E-state index contributed by atoms with van der Waals surface area (Å²) in [6, 6.07) is 11.9. The van der Waals surface area contributed by atoms with Crippen LogP contribution in [0.4, 0.5) is 8.78 Å². The van der Waals surface area contributed by atoms with Crippen LogP contribution in [-0.2, 0) is 11.3 Å². The second kappa shape index (κ2) is 9.94. The molecule has 174 valence electrons. The van der Waals surface area contributed by atoms with Gasteiger partial charge in [-0.1, -0.05) is 38.1 Å². The summed E-state index contributed by atoms with van der Waals surface area (Å²) in [5.74, 6) is -3.57. The number of nitrogens with zero attached hydrogens (tertiary/aromatic N) is 3. The Hall–Kier alpha value is -3.55. The molecule has 1 heterocycles. The van der Waals surface area contributed by atoms with Crippen molar-refractivity contribution in [2.24, 2.45) is 5.92 Å². The van der Waals surface area contributed by atoms with Gasteiger partial charge < -0.3 is 10.2 Å². The zero-order chi connectivity index (χ0) is 24.3. The third kappa shape index (κ3) is 5.10. The summed E-state index contributed by atoms with van der Waals surface area (Å²) in [5, 5.41) is 7.12. The highest BCUT2D eigenvalue weighted by molar-refractivity contribution is 5.98. The van der Waals surface area contributed by atoms with E-state index in [1.807, 2.05) is 48.9 Å². The molecule has 6 nitrogen and oxygen atoms in total. The molecule has 2 amide bonds. The number of rotatable bonds is 7. The topological polar surface area (TPSA) is 67.2 Å². The van der Waals surface area contributed by atoms with Gasteiger partial charge in [0.05, 0.1) is 11.4 Å². The van der Waals surface area contributed by atoms with E-state index in [-0.39, 0.29) is 18.4 Å². The molecule has 1 atom stereocenters. The molecule has 0 bridgehead atoms. The summed E-state index contributed by atoms with van der Waals surface area (Å²) in [4.78, 5) is 27.3. The maximum atomic E-state index is 14.0. The summed E-state index contributed by atoms with van der Waals surface area (Å²) in [6.45, 7) is 7.61. The zero-order valence-corrected chi connectivity index (χ0v) is 19.4. The van der Waals surface area contributed by atoms with Gasteiger partial charge in [0, 0.05) is 24.8 Å². The summed E-state index contributed by atoms with van der Waals surface area (Å²) in [7, 11) is 1.63. The molecule has 2 aromatic carbocycles. The standard InChI is InChI=1S/C25H28F2N4O2/c1-15(2)23(28-24(32)22-20(26)12-9-13-21(22)27)25(33)30(5)14-19-16(3)29-31(17(19)4)18-10-7-6-8-11-18/h6-13,15,23H,14H2,1-5H3,(H,28,32)/t23-/m0/s1. The number of carbonyl (C=O) groups excluding carboxylic acids is 2. The largest absolute Gasteiger partial charge is 0.340 e. The highest BCUT2D eigenvalue weighted by Crippen LogP contribution is 2.20. The maximum Gasteiger partial charge on any atom is 0.257 e. The van der Waals surface area contributed by atoms with Crippen LogP contribution in [0.1, 0.15) is 41.2 Å². The summed E-state index contributed by atoms with van der Waals surface area (Å²) in [6.07, 6.45) is 0. The molecule has 0 spiro atoms. The first kappa shape index (κ1) is 24.1. The molecule has 0 aliphatic carbocycles. The molecule has 0 fully saturated rings. The number of hydrogen-bond donors (Lipinski definition) is 1. The minimum Gasteiger partial charge on any atom is -0.340 e. The van der Waals surface area contributed by atoms with E-state index in [4.69, 9.17) is 0 Å². The van der Waals surface area contributed by atoms with E-state index < -0.39 is 29.1 Å². The number of aryl methyl sites for hydroxylation is 1. The van der Waals surface area contributed by atoms with Crippen LogP contribution in [0.2, 0.25) is 0 Å². The fourth-order valence-electron chi connectivity index (χ4n) is 3.72. The van der Waals surface area contributed by atoms with Gasteiger partial charge in [0.25, 0.3) is 5.91 Å². The Morgan fingerprint density at radius 2 is 1.64 bits per heavy atom. The lowest BCUT2D eigenvalue weighted by atomic mass is 10.0. The minimum absolute atomic E-state index is 0.274. The Labute approximate surface area is 192 Å². The van der Waals surface area contributed by atoms with Crippen LogP contribution < -0.4 is 5.32 Å². The third-order valence-electron chi connectivity index (χ3n) is 5.62. The van der Waals surface area contributed by atoms with Crippen molar-refractivity contribution >= 4 is 11.8 Å². The van der Waals surface area contributed by atoms with Gasteiger partial charge in [-0.05, 0) is 44.0 Å². The Morgan fingerprint density at radius 3 is 2.21 bits per heavy atom. The van der Waals surface area contributed by atoms with Crippen LogP contribution in [0.25, 0.3) is 5.69 Å². The van der Waals surface area contributed by atoms with Crippen LogP contribution in [0.3, 0.4) is 0 Å². The summed E-state index contributed by atoms with van der Waals surface area (Å²) < 4.78 is 29.9. The number of para-hydroxylation sites is 1. The van der Waals surface area contributed by atoms with Gasteiger partial charge in [-0.25, -0.2) is 13.5 Å². The van der Waals surface area contributed by atoms with Crippen LogP contribution >= 0.6 is 0 Å². The molecular formula is C25H28F2N4O2. The summed E-state index contributed by atoms with van der Waals surface area (Å²) >= 11 is 0. The quantitative estimate of drug-likeness (QED) is 0.582. The van der Waals surface area contributed by atoms with Crippen molar-refractivity contribution in [1.29, 1.82) is 0 Å². The van der Waals surface area contributed by atoms with Crippen LogP contribution in [0.15, 0.2) is 48.5 Å². The van der Waals surface area contributed by atoms with Gasteiger partial charge in [0.2, 0.25) is 5.91 Å². The molecule has 0 saturated heterocycles. The smallest absolute Gasteiger partial charge is 0.257 e. The van der Waals surface area contributed by atoms with Gasteiger partial charge in [-0.3, -0.25) is 9.59 Å². The minimum atomic E-state index is -0.976. The molecule has 3 rings (SSSR count). The first-order chi connectivity index (χ1) is 15.6. The molecular weight excluding hydrogens is 426 g/mol. The number of likely N-dealkylation sites (N-methyl/N-ethyl adjacent to an activating group) is 1. The molecule has 0 saturated carbocycles. The molecule has 8 heteroatoms. The van der Waals surface area contributed by atoms with E-state index in [0.717, 1.165) is 34.8 Å². The van der Waals surface area contributed by atoms with Crippen molar-refractivity contribution in [2.75, 3.05) is 7.05 Å². The molecule has 0 aliphatic heterocycles. The summed E-state index contributed by atoms with van der Waals surface area (Å²) in [5.41, 5.74) is 2.79. The lowest BCUT2D eigenvalue weighted by Gasteiger charge is -2.27. The highest BCUT2D eigenvalue weighted by Gasteiger charge is 2.30. The van der Waals surface area contributed by atoms with Crippen LogP contribution in [0, 0.1) is 31.4 Å². The van der Waals surface area contributed by atoms with E-state index in [1.165, 1.54) is 11.0 Å². The Morgan fingerprint density at radius 1 is 1.03 bits per heavy atom. The average Bonchev–Trinajstić information content (AvgIpc) is 3.05. The monoisotopic (exact) mass is 454 g/mol. The molecule has 33 heavy (non-hydrogen) atoms. The van der Waals surface area contributed by atoms with E-state index in [0.29, 0.717) is 0 Å². The van der Waals surface area contributed by atoms with Crippen molar-refractivity contribution in [3.63, 3.8) is 0 Å². The van der Waals surface area contributed by atoms with E-state index >= 15 is 0 Å². The number of benzene rings is 2. The SMILES string of the molecule is Cc1nn(-c2ccccc2)c(C)c1CN(C)C(=O)[C@@H](NC(=O)c1c(F)cccc1F)C(C)C. The fraction of sp³-hybridized carbons (Fsp3) is 0.320. The van der Waals surface area contributed by atoms with Crippen molar-refractivity contribution in [3.05, 3.63) is 82.7 Å². The van der Waals surface area contributed by atoms with Crippen molar-refractivity contribution in [2.45, 2.75) is 40.3 Å². The fourth-order valence-corrected chi connectivity index (χ4v) is 3.72.